The van der Waals surface area contributed by atoms with Crippen molar-refractivity contribution < 1.29 is 22.7 Å². The van der Waals surface area contributed by atoms with Gasteiger partial charge in [0.1, 0.15) is 5.82 Å². The highest BCUT2D eigenvalue weighted by molar-refractivity contribution is 5.80. The van der Waals surface area contributed by atoms with Gasteiger partial charge >= 0.3 is 6.18 Å². The van der Waals surface area contributed by atoms with Crippen molar-refractivity contribution in [3.05, 3.63) is 106 Å². The molecule has 0 spiro atoms. The minimum Gasteiger partial charge on any atom is -0.382 e. The Balaban J connectivity index is 1.80. The molecule has 4 aromatic rings. The van der Waals surface area contributed by atoms with Crippen molar-refractivity contribution in [1.29, 1.82) is 0 Å². The van der Waals surface area contributed by atoms with Gasteiger partial charge in [-0.05, 0) is 67.8 Å². The van der Waals surface area contributed by atoms with Crippen LogP contribution < -0.4 is 10.9 Å². The third kappa shape index (κ3) is 6.42. The van der Waals surface area contributed by atoms with E-state index < -0.39 is 23.2 Å². The number of carbonyl (C=O) groups is 1. The summed E-state index contributed by atoms with van der Waals surface area (Å²) in [6.07, 6.45) is -3.53. The Kier molecular flexibility index (Phi) is 8.73. The number of hydrogen-bond donors (Lipinski definition) is 1. The van der Waals surface area contributed by atoms with E-state index in [4.69, 9.17) is 9.72 Å². The van der Waals surface area contributed by atoms with Crippen LogP contribution in [0.15, 0.2) is 77.6 Å². The van der Waals surface area contributed by atoms with Crippen LogP contribution in [0.3, 0.4) is 0 Å². The maximum Gasteiger partial charge on any atom is 0.416 e. The number of nitrogens with zero attached hydrogens (tertiary/aromatic N) is 2. The molecule has 0 fully saturated rings. The molecule has 4 rings (SSSR count). The zero-order chi connectivity index (χ0) is 28.9. The van der Waals surface area contributed by atoms with Gasteiger partial charge < -0.3 is 10.1 Å². The maximum atomic E-state index is 13.9. The predicted octanol–water partition coefficient (Wildman–Crippen LogP) is 5.97. The third-order valence-electron chi connectivity index (χ3n) is 6.86. The molecule has 1 unspecified atom stereocenters. The number of rotatable bonds is 10. The number of alkyl halides is 3. The Hall–Kier alpha value is -3.98. The molecule has 1 heterocycles. The number of halogens is 3. The fourth-order valence-electron chi connectivity index (χ4n) is 4.66. The maximum absolute atomic E-state index is 13.9. The Bertz CT molecular complexity index is 1550. The molecule has 6 nitrogen and oxygen atoms in total. The molecule has 1 N–H and O–H groups in total. The topological polar surface area (TPSA) is 73.2 Å². The van der Waals surface area contributed by atoms with Gasteiger partial charge in [-0.1, -0.05) is 43.3 Å². The average molecular weight is 552 g/mol. The fraction of sp³-hybridized carbons (Fsp3) is 0.323. The number of fused-ring (bicyclic) bond motifs is 1. The third-order valence-corrected chi connectivity index (χ3v) is 6.86. The van der Waals surface area contributed by atoms with Gasteiger partial charge in [0, 0.05) is 19.6 Å². The molecule has 0 aliphatic rings. The SMILES string of the molecule is CCOCCC(C)(NC(=O)Cc1ccc(C(F)(F)F)cc1)c1nc2ccccc2c(=O)n1-c1cccc(CC)c1. The summed E-state index contributed by atoms with van der Waals surface area (Å²) < 4.78 is 46.1. The van der Waals surface area contributed by atoms with Gasteiger partial charge in [-0.3, -0.25) is 14.2 Å². The number of hydrogen-bond acceptors (Lipinski definition) is 4. The molecule has 0 aliphatic carbocycles. The molecule has 3 aromatic carbocycles. The van der Waals surface area contributed by atoms with Crippen LogP contribution in [0.1, 0.15) is 49.7 Å². The first-order valence-electron chi connectivity index (χ1n) is 13.2. The second-order valence-corrected chi connectivity index (χ2v) is 9.82. The lowest BCUT2D eigenvalue weighted by molar-refractivity contribution is -0.137. The lowest BCUT2D eigenvalue weighted by Crippen LogP contribution is -2.48. The average Bonchev–Trinajstić information content (AvgIpc) is 2.93. The van der Waals surface area contributed by atoms with Gasteiger partial charge in [0.2, 0.25) is 5.91 Å². The highest BCUT2D eigenvalue weighted by atomic mass is 19.4. The van der Waals surface area contributed by atoms with Crippen molar-refractivity contribution in [1.82, 2.24) is 14.9 Å². The van der Waals surface area contributed by atoms with Crippen LogP contribution in [-0.2, 0) is 34.1 Å². The summed E-state index contributed by atoms with van der Waals surface area (Å²) in [5, 5.41) is 3.47. The Morgan fingerprint density at radius 2 is 1.70 bits per heavy atom. The highest BCUT2D eigenvalue weighted by Crippen LogP contribution is 2.30. The van der Waals surface area contributed by atoms with Gasteiger partial charge in [-0.2, -0.15) is 13.2 Å². The summed E-state index contributed by atoms with van der Waals surface area (Å²) in [4.78, 5) is 32.1. The number of amides is 1. The largest absolute Gasteiger partial charge is 0.416 e. The van der Waals surface area contributed by atoms with E-state index in [0.717, 1.165) is 24.1 Å². The van der Waals surface area contributed by atoms with Crippen LogP contribution >= 0.6 is 0 Å². The molecular formula is C31H32F3N3O3. The van der Waals surface area contributed by atoms with Gasteiger partial charge in [0.05, 0.1) is 34.1 Å². The molecule has 1 atom stereocenters. The first kappa shape index (κ1) is 29.0. The second-order valence-electron chi connectivity index (χ2n) is 9.82. The van der Waals surface area contributed by atoms with Crippen molar-refractivity contribution in [2.45, 2.75) is 51.7 Å². The molecule has 210 valence electrons. The Labute approximate surface area is 230 Å². The molecule has 0 radical (unpaired) electrons. The number of aromatic nitrogens is 2. The number of para-hydroxylation sites is 1. The minimum absolute atomic E-state index is 0.147. The van der Waals surface area contributed by atoms with Gasteiger partial charge in [0.15, 0.2) is 0 Å². The van der Waals surface area contributed by atoms with E-state index in [1.54, 1.807) is 31.2 Å². The number of carbonyl (C=O) groups excluding carboxylic acids is 1. The van der Waals surface area contributed by atoms with Crippen molar-refractivity contribution in [3.63, 3.8) is 0 Å². The number of benzene rings is 3. The van der Waals surface area contributed by atoms with E-state index in [0.29, 0.717) is 41.0 Å². The van der Waals surface area contributed by atoms with E-state index >= 15 is 0 Å². The van der Waals surface area contributed by atoms with E-state index in [9.17, 15) is 22.8 Å². The standard InChI is InChI=1S/C31H32F3N3O3/c1-4-21-9-8-10-24(19-21)37-28(39)25-11-6-7-12-26(25)35-29(37)30(3,17-18-40-5-2)36-27(38)20-22-13-15-23(16-14-22)31(32,33)34/h6-16,19H,4-5,17-18,20H2,1-3H3,(H,36,38). The smallest absolute Gasteiger partial charge is 0.382 e. The molecule has 0 bridgehead atoms. The highest BCUT2D eigenvalue weighted by Gasteiger charge is 2.35. The van der Waals surface area contributed by atoms with Crippen LogP contribution in [0.25, 0.3) is 16.6 Å². The summed E-state index contributed by atoms with van der Waals surface area (Å²) in [6, 6.07) is 19.1. The zero-order valence-electron chi connectivity index (χ0n) is 22.7. The number of nitrogens with one attached hydrogen (secondary N) is 1. The quantitative estimate of drug-likeness (QED) is 0.247. The van der Waals surface area contributed by atoms with E-state index in [1.165, 1.54) is 16.7 Å². The molecule has 1 amide bonds. The van der Waals surface area contributed by atoms with Crippen LogP contribution in [0.2, 0.25) is 0 Å². The molecular weight excluding hydrogens is 519 g/mol. The van der Waals surface area contributed by atoms with Gasteiger partial charge in [-0.15, -0.1) is 0 Å². The summed E-state index contributed by atoms with van der Waals surface area (Å²) >= 11 is 0. The minimum atomic E-state index is -4.46. The van der Waals surface area contributed by atoms with Crippen molar-refractivity contribution in [2.75, 3.05) is 13.2 Å². The number of aryl methyl sites for hydroxylation is 1. The Morgan fingerprint density at radius 3 is 2.38 bits per heavy atom. The van der Waals surface area contributed by atoms with Crippen LogP contribution in [0.4, 0.5) is 13.2 Å². The van der Waals surface area contributed by atoms with Gasteiger partial charge in [-0.25, -0.2) is 4.98 Å². The van der Waals surface area contributed by atoms with E-state index in [1.807, 2.05) is 38.1 Å². The van der Waals surface area contributed by atoms with E-state index in [2.05, 4.69) is 5.32 Å². The van der Waals surface area contributed by atoms with Crippen molar-refractivity contribution >= 4 is 16.8 Å². The fourth-order valence-corrected chi connectivity index (χ4v) is 4.66. The van der Waals surface area contributed by atoms with Crippen LogP contribution in [0, 0.1) is 0 Å². The van der Waals surface area contributed by atoms with Crippen molar-refractivity contribution in [2.24, 2.45) is 0 Å². The molecule has 0 saturated heterocycles. The van der Waals surface area contributed by atoms with Crippen LogP contribution in [0.5, 0.6) is 0 Å². The second kappa shape index (κ2) is 12.0. The summed E-state index contributed by atoms with van der Waals surface area (Å²) in [6.45, 7) is 6.42. The Morgan fingerprint density at radius 1 is 0.975 bits per heavy atom. The molecule has 1 aromatic heterocycles. The lowest BCUT2D eigenvalue weighted by Gasteiger charge is -2.33. The van der Waals surface area contributed by atoms with Crippen LogP contribution in [-0.4, -0.2) is 28.7 Å². The van der Waals surface area contributed by atoms with Crippen molar-refractivity contribution in [3.8, 4) is 5.69 Å². The first-order valence-corrected chi connectivity index (χ1v) is 13.2. The predicted molar refractivity (Wildman–Crippen MR) is 148 cm³/mol. The molecule has 40 heavy (non-hydrogen) atoms. The summed E-state index contributed by atoms with van der Waals surface area (Å²) in [7, 11) is 0. The zero-order valence-corrected chi connectivity index (χ0v) is 22.7. The molecule has 9 heteroatoms. The first-order chi connectivity index (χ1) is 19.1. The van der Waals surface area contributed by atoms with E-state index in [-0.39, 0.29) is 18.6 Å². The molecule has 0 aliphatic heterocycles. The summed E-state index contributed by atoms with van der Waals surface area (Å²) in [5.41, 5.74) is 0.375. The summed E-state index contributed by atoms with van der Waals surface area (Å²) in [5.74, 6) is -0.0834. The lowest BCUT2D eigenvalue weighted by atomic mass is 9.94. The van der Waals surface area contributed by atoms with Gasteiger partial charge in [0.25, 0.3) is 5.56 Å². The molecule has 0 saturated carbocycles. The monoisotopic (exact) mass is 551 g/mol. The number of ether oxygens (including phenoxy) is 1. The normalized spacial score (nSPS) is 13.2.